The van der Waals surface area contributed by atoms with Crippen molar-refractivity contribution in [3.05, 3.63) is 77.4 Å². The van der Waals surface area contributed by atoms with Gasteiger partial charge in [-0.1, -0.05) is 42.5 Å². The molecule has 1 heterocycles. The maximum Gasteiger partial charge on any atom is 0.337 e. The molecule has 4 rings (SSSR count). The highest BCUT2D eigenvalue weighted by Crippen LogP contribution is 2.32. The highest BCUT2D eigenvalue weighted by molar-refractivity contribution is 5.96. The van der Waals surface area contributed by atoms with E-state index in [0.29, 0.717) is 5.69 Å². The molecule has 1 saturated heterocycles. The quantitative estimate of drug-likeness (QED) is 0.520. The molecule has 6 heteroatoms. The summed E-state index contributed by atoms with van der Waals surface area (Å²) >= 11 is 0. The molecule has 0 unspecified atom stereocenters. The van der Waals surface area contributed by atoms with Crippen molar-refractivity contribution in [1.82, 2.24) is 4.90 Å². The maximum atomic E-state index is 11.7. The standard InChI is InChI=1S/C26H27N3O3/c1-18-14-23(16-24(26(30)31)25(18)28-27-2)21-8-6-20(7-9-21)22-5-3-4-19(15-22)17-29-10-12-32-13-11-29/h3-9,14-16H,10-13,17H2,1-2H3,(H,30,31). The number of benzene rings is 3. The van der Waals surface area contributed by atoms with E-state index in [0.717, 1.165) is 55.1 Å². The zero-order valence-corrected chi connectivity index (χ0v) is 18.4. The third kappa shape index (κ3) is 4.93. The molecule has 0 aliphatic carbocycles. The van der Waals surface area contributed by atoms with Gasteiger partial charge in [-0.2, -0.15) is 10.2 Å². The summed E-state index contributed by atoms with van der Waals surface area (Å²) < 4.78 is 5.44. The lowest BCUT2D eigenvalue weighted by molar-refractivity contribution is 0.0342. The third-order valence-electron chi connectivity index (χ3n) is 5.72. The number of morpholine rings is 1. The van der Waals surface area contributed by atoms with E-state index in [2.05, 4.69) is 51.5 Å². The first kappa shape index (κ1) is 21.9. The van der Waals surface area contributed by atoms with Crippen LogP contribution in [0, 0.1) is 6.92 Å². The number of hydrogen-bond donors (Lipinski definition) is 1. The number of rotatable bonds is 6. The van der Waals surface area contributed by atoms with Crippen LogP contribution in [0.15, 0.2) is 70.9 Å². The molecule has 1 aliphatic rings. The highest BCUT2D eigenvalue weighted by Gasteiger charge is 2.15. The molecule has 3 aromatic carbocycles. The lowest BCUT2D eigenvalue weighted by Gasteiger charge is -2.26. The van der Waals surface area contributed by atoms with Crippen molar-refractivity contribution >= 4 is 11.7 Å². The van der Waals surface area contributed by atoms with Crippen molar-refractivity contribution in [1.29, 1.82) is 0 Å². The fourth-order valence-corrected chi connectivity index (χ4v) is 4.06. The van der Waals surface area contributed by atoms with Crippen molar-refractivity contribution in [2.75, 3.05) is 33.4 Å². The van der Waals surface area contributed by atoms with Gasteiger partial charge in [-0.15, -0.1) is 0 Å². The van der Waals surface area contributed by atoms with Crippen LogP contribution in [0.3, 0.4) is 0 Å². The average Bonchev–Trinajstić information content (AvgIpc) is 2.81. The molecule has 0 radical (unpaired) electrons. The number of ether oxygens (including phenoxy) is 1. The Morgan fingerprint density at radius 3 is 2.31 bits per heavy atom. The Morgan fingerprint density at radius 1 is 0.969 bits per heavy atom. The Morgan fingerprint density at radius 2 is 1.66 bits per heavy atom. The van der Waals surface area contributed by atoms with Crippen LogP contribution in [-0.4, -0.2) is 49.3 Å². The molecule has 1 N–H and O–H groups in total. The number of carbonyl (C=O) groups is 1. The van der Waals surface area contributed by atoms with Crippen molar-refractivity contribution < 1.29 is 14.6 Å². The van der Waals surface area contributed by atoms with Gasteiger partial charge < -0.3 is 9.84 Å². The number of aryl methyl sites for hydroxylation is 1. The van der Waals surface area contributed by atoms with E-state index in [1.165, 1.54) is 18.2 Å². The maximum absolute atomic E-state index is 11.7. The summed E-state index contributed by atoms with van der Waals surface area (Å²) in [6.45, 7) is 6.31. The van der Waals surface area contributed by atoms with Gasteiger partial charge in [-0.25, -0.2) is 4.79 Å². The first-order valence-electron chi connectivity index (χ1n) is 10.7. The monoisotopic (exact) mass is 429 g/mol. The number of carboxylic acid groups (broad SMARTS) is 1. The zero-order chi connectivity index (χ0) is 22.5. The van der Waals surface area contributed by atoms with Crippen LogP contribution >= 0.6 is 0 Å². The third-order valence-corrected chi connectivity index (χ3v) is 5.72. The number of nitrogens with zero attached hydrogens (tertiary/aromatic N) is 3. The van der Waals surface area contributed by atoms with Crippen LogP contribution in [0.5, 0.6) is 0 Å². The van der Waals surface area contributed by atoms with Crippen molar-refractivity contribution in [3.63, 3.8) is 0 Å². The first-order chi connectivity index (χ1) is 15.5. The van der Waals surface area contributed by atoms with Gasteiger partial charge in [-0.3, -0.25) is 4.90 Å². The molecular weight excluding hydrogens is 402 g/mol. The second kappa shape index (κ2) is 9.85. The summed E-state index contributed by atoms with van der Waals surface area (Å²) in [5.74, 6) is -1.01. The second-order valence-electron chi connectivity index (χ2n) is 7.96. The SMILES string of the molecule is CN=Nc1c(C)cc(-c2ccc(-c3cccc(CN4CCOCC4)c3)cc2)cc1C(=O)O. The molecule has 1 aliphatic heterocycles. The van der Waals surface area contributed by atoms with E-state index < -0.39 is 5.97 Å². The fraction of sp³-hybridized carbons (Fsp3) is 0.269. The van der Waals surface area contributed by atoms with Crippen LogP contribution in [-0.2, 0) is 11.3 Å². The summed E-state index contributed by atoms with van der Waals surface area (Å²) in [6, 6.07) is 20.5. The predicted octanol–water partition coefficient (Wildman–Crippen LogP) is 5.57. The van der Waals surface area contributed by atoms with Crippen LogP contribution in [0.25, 0.3) is 22.3 Å². The van der Waals surface area contributed by atoms with E-state index in [1.807, 2.05) is 25.1 Å². The molecule has 3 aromatic rings. The molecule has 0 aromatic heterocycles. The number of hydrogen-bond acceptors (Lipinski definition) is 5. The molecule has 164 valence electrons. The Bertz CT molecular complexity index is 1130. The Hall–Kier alpha value is -3.35. The lowest BCUT2D eigenvalue weighted by atomic mass is 9.96. The molecule has 0 saturated carbocycles. The van der Waals surface area contributed by atoms with Crippen molar-refractivity contribution in [3.8, 4) is 22.3 Å². The minimum absolute atomic E-state index is 0.158. The van der Waals surface area contributed by atoms with Gasteiger partial charge in [0, 0.05) is 26.7 Å². The lowest BCUT2D eigenvalue weighted by Crippen LogP contribution is -2.35. The number of aromatic carboxylic acids is 1. The van der Waals surface area contributed by atoms with E-state index in [4.69, 9.17) is 4.74 Å². The molecule has 0 atom stereocenters. The van der Waals surface area contributed by atoms with E-state index in [1.54, 1.807) is 6.07 Å². The normalized spacial score (nSPS) is 14.7. The summed E-state index contributed by atoms with van der Waals surface area (Å²) in [7, 11) is 1.54. The van der Waals surface area contributed by atoms with Crippen LogP contribution in [0.4, 0.5) is 5.69 Å². The van der Waals surface area contributed by atoms with Gasteiger partial charge in [-0.05, 0) is 58.5 Å². The number of azo groups is 1. The molecule has 1 fully saturated rings. The smallest absolute Gasteiger partial charge is 0.337 e. The number of carboxylic acids is 1. The summed E-state index contributed by atoms with van der Waals surface area (Å²) in [5.41, 5.74) is 6.74. The Kier molecular flexibility index (Phi) is 6.73. The Labute approximate surface area is 188 Å². The highest BCUT2D eigenvalue weighted by atomic mass is 16.5. The van der Waals surface area contributed by atoms with Crippen LogP contribution in [0.2, 0.25) is 0 Å². The van der Waals surface area contributed by atoms with Crippen molar-refractivity contribution in [2.45, 2.75) is 13.5 Å². The van der Waals surface area contributed by atoms with E-state index in [-0.39, 0.29) is 5.56 Å². The van der Waals surface area contributed by atoms with Gasteiger partial charge >= 0.3 is 5.97 Å². The van der Waals surface area contributed by atoms with Gasteiger partial charge in [0.2, 0.25) is 0 Å². The summed E-state index contributed by atoms with van der Waals surface area (Å²) in [5, 5.41) is 17.4. The molecule has 0 spiro atoms. The van der Waals surface area contributed by atoms with Gasteiger partial charge in [0.15, 0.2) is 0 Å². The van der Waals surface area contributed by atoms with Crippen LogP contribution in [0.1, 0.15) is 21.5 Å². The molecule has 0 bridgehead atoms. The summed E-state index contributed by atoms with van der Waals surface area (Å²) in [6.07, 6.45) is 0. The van der Waals surface area contributed by atoms with Gasteiger partial charge in [0.1, 0.15) is 5.69 Å². The van der Waals surface area contributed by atoms with Gasteiger partial charge in [0.25, 0.3) is 0 Å². The minimum Gasteiger partial charge on any atom is -0.478 e. The fourth-order valence-electron chi connectivity index (χ4n) is 4.06. The molecule has 6 nitrogen and oxygen atoms in total. The second-order valence-corrected chi connectivity index (χ2v) is 7.96. The van der Waals surface area contributed by atoms with Gasteiger partial charge in [0.05, 0.1) is 18.8 Å². The van der Waals surface area contributed by atoms with E-state index >= 15 is 0 Å². The van der Waals surface area contributed by atoms with E-state index in [9.17, 15) is 9.90 Å². The largest absolute Gasteiger partial charge is 0.478 e. The molecule has 32 heavy (non-hydrogen) atoms. The zero-order valence-electron chi connectivity index (χ0n) is 18.4. The summed E-state index contributed by atoms with van der Waals surface area (Å²) in [4.78, 5) is 14.1. The Balaban J connectivity index is 1.59. The predicted molar refractivity (Wildman–Crippen MR) is 126 cm³/mol. The van der Waals surface area contributed by atoms with Crippen LogP contribution < -0.4 is 0 Å². The topological polar surface area (TPSA) is 74.5 Å². The molecule has 0 amide bonds. The average molecular weight is 430 g/mol. The first-order valence-corrected chi connectivity index (χ1v) is 10.7. The van der Waals surface area contributed by atoms with Crippen molar-refractivity contribution in [2.24, 2.45) is 10.2 Å². The minimum atomic E-state index is -1.01. The molecular formula is C26H27N3O3.